The van der Waals surface area contributed by atoms with E-state index in [1.54, 1.807) is 12.1 Å². The van der Waals surface area contributed by atoms with Gasteiger partial charge in [-0.2, -0.15) is 0 Å². The highest BCUT2D eigenvalue weighted by Gasteiger charge is 2.34. The number of halogens is 1. The van der Waals surface area contributed by atoms with Crippen LogP contribution in [0.25, 0.3) is 0 Å². The maximum absolute atomic E-state index is 14.1. The molecule has 7 nitrogen and oxygen atoms in total. The van der Waals surface area contributed by atoms with Gasteiger partial charge in [-0.1, -0.05) is 55.8 Å². The first-order chi connectivity index (χ1) is 19.0. The summed E-state index contributed by atoms with van der Waals surface area (Å²) in [6.45, 7) is 8.99. The molecule has 3 aromatic carbocycles. The van der Waals surface area contributed by atoms with Gasteiger partial charge in [0.25, 0.3) is 10.0 Å². The molecule has 1 N–H and O–H groups in total. The molecule has 3 aromatic rings. The Morgan fingerprint density at radius 3 is 2.10 bits per heavy atom. The summed E-state index contributed by atoms with van der Waals surface area (Å²) in [6.07, 6.45) is 1.06. The van der Waals surface area contributed by atoms with Crippen LogP contribution in [0.5, 0.6) is 0 Å². The van der Waals surface area contributed by atoms with Gasteiger partial charge in [-0.05, 0) is 81.1 Å². The van der Waals surface area contributed by atoms with Crippen LogP contribution in [0.15, 0.2) is 77.7 Å². The van der Waals surface area contributed by atoms with E-state index in [0.717, 1.165) is 39.5 Å². The Labute approximate surface area is 237 Å². The van der Waals surface area contributed by atoms with Crippen LogP contribution in [0.4, 0.5) is 10.1 Å². The van der Waals surface area contributed by atoms with Gasteiger partial charge in [0.2, 0.25) is 11.8 Å². The molecule has 0 unspecified atom stereocenters. The Hall–Kier alpha value is -3.72. The summed E-state index contributed by atoms with van der Waals surface area (Å²) in [5.74, 6) is -1.38. The third-order valence-electron chi connectivity index (χ3n) is 6.99. The highest BCUT2D eigenvalue weighted by atomic mass is 32.2. The fourth-order valence-electron chi connectivity index (χ4n) is 4.31. The molecule has 0 radical (unpaired) electrons. The molecule has 2 amide bonds. The maximum Gasteiger partial charge on any atom is 0.264 e. The van der Waals surface area contributed by atoms with Gasteiger partial charge in [-0.25, -0.2) is 12.8 Å². The van der Waals surface area contributed by atoms with E-state index >= 15 is 0 Å². The molecule has 2 atom stereocenters. The zero-order chi connectivity index (χ0) is 29.4. The largest absolute Gasteiger partial charge is 0.352 e. The highest BCUT2D eigenvalue weighted by molar-refractivity contribution is 7.92. The summed E-state index contributed by atoms with van der Waals surface area (Å²) in [5, 5.41) is 2.96. The maximum atomic E-state index is 14.1. The summed E-state index contributed by atoms with van der Waals surface area (Å²) in [7, 11) is -4.21. The molecule has 0 saturated heterocycles. The van der Waals surface area contributed by atoms with Crippen molar-refractivity contribution in [3.63, 3.8) is 0 Å². The number of benzene rings is 3. The molecule has 0 aliphatic carbocycles. The number of rotatable bonds is 12. The summed E-state index contributed by atoms with van der Waals surface area (Å²) in [6, 6.07) is 17.9. The normalized spacial score (nSPS) is 12.8. The average molecular weight is 568 g/mol. The number of nitrogens with one attached hydrogen (secondary N) is 1. The Kier molecular flexibility index (Phi) is 10.5. The minimum absolute atomic E-state index is 0.00207. The fourth-order valence-corrected chi connectivity index (χ4v) is 5.72. The SMILES string of the molecule is CC[C@H](C(=O)N[C@@H](C)CC)N(Cc1ccccc1C)C(=O)CN(c1ccc(F)cc1)S(=O)(=O)c1ccc(C)cc1. The number of carbonyl (C=O) groups excluding carboxylic acids is 2. The van der Waals surface area contributed by atoms with Crippen molar-refractivity contribution >= 4 is 27.5 Å². The van der Waals surface area contributed by atoms with Crippen LogP contribution in [0.2, 0.25) is 0 Å². The molecular weight excluding hydrogens is 529 g/mol. The smallest absolute Gasteiger partial charge is 0.264 e. The van der Waals surface area contributed by atoms with Crippen molar-refractivity contribution in [2.24, 2.45) is 0 Å². The lowest BCUT2D eigenvalue weighted by Crippen LogP contribution is -2.53. The first-order valence-corrected chi connectivity index (χ1v) is 14.9. The van der Waals surface area contributed by atoms with Crippen LogP contribution in [0, 0.1) is 19.7 Å². The minimum atomic E-state index is -4.21. The number of hydrogen-bond donors (Lipinski definition) is 1. The third-order valence-corrected chi connectivity index (χ3v) is 8.78. The molecule has 3 rings (SSSR count). The van der Waals surface area contributed by atoms with Crippen LogP contribution < -0.4 is 9.62 Å². The number of aryl methyl sites for hydroxylation is 2. The number of nitrogens with zero attached hydrogens (tertiary/aromatic N) is 2. The van der Waals surface area contributed by atoms with E-state index < -0.39 is 34.3 Å². The van der Waals surface area contributed by atoms with E-state index in [1.807, 2.05) is 58.9 Å². The van der Waals surface area contributed by atoms with Gasteiger partial charge in [-0.3, -0.25) is 13.9 Å². The van der Waals surface area contributed by atoms with Crippen molar-refractivity contribution in [1.82, 2.24) is 10.2 Å². The predicted octanol–water partition coefficient (Wildman–Crippen LogP) is 5.36. The summed E-state index contributed by atoms with van der Waals surface area (Å²) in [4.78, 5) is 28.8. The van der Waals surface area contributed by atoms with Crippen LogP contribution in [0.3, 0.4) is 0 Å². The van der Waals surface area contributed by atoms with Gasteiger partial charge in [0.05, 0.1) is 10.6 Å². The van der Waals surface area contributed by atoms with Gasteiger partial charge >= 0.3 is 0 Å². The molecule has 0 spiro atoms. The molecule has 9 heteroatoms. The minimum Gasteiger partial charge on any atom is -0.352 e. The molecule has 0 fully saturated rings. The highest BCUT2D eigenvalue weighted by Crippen LogP contribution is 2.26. The van der Waals surface area contributed by atoms with Crippen molar-refractivity contribution in [2.75, 3.05) is 10.8 Å². The van der Waals surface area contributed by atoms with E-state index in [-0.39, 0.29) is 29.1 Å². The van der Waals surface area contributed by atoms with Crippen LogP contribution in [-0.2, 0) is 26.2 Å². The average Bonchev–Trinajstić information content (AvgIpc) is 2.93. The number of sulfonamides is 1. The third kappa shape index (κ3) is 7.47. The first-order valence-electron chi connectivity index (χ1n) is 13.5. The van der Waals surface area contributed by atoms with Gasteiger partial charge < -0.3 is 10.2 Å². The zero-order valence-electron chi connectivity index (χ0n) is 23.7. The number of carbonyl (C=O) groups is 2. The van der Waals surface area contributed by atoms with Crippen LogP contribution >= 0.6 is 0 Å². The molecule has 40 heavy (non-hydrogen) atoms. The van der Waals surface area contributed by atoms with Crippen molar-refractivity contribution < 1.29 is 22.4 Å². The van der Waals surface area contributed by atoms with Gasteiger partial charge in [0.1, 0.15) is 18.4 Å². The first kappa shape index (κ1) is 30.8. The quantitative estimate of drug-likeness (QED) is 0.319. The van der Waals surface area contributed by atoms with E-state index in [0.29, 0.717) is 6.42 Å². The second-order valence-corrected chi connectivity index (χ2v) is 11.9. The zero-order valence-corrected chi connectivity index (χ0v) is 24.5. The lowest BCUT2D eigenvalue weighted by Gasteiger charge is -2.34. The van der Waals surface area contributed by atoms with E-state index in [9.17, 15) is 22.4 Å². The molecular formula is C31H38FN3O4S. The van der Waals surface area contributed by atoms with Crippen LogP contribution in [0.1, 0.15) is 50.3 Å². The molecule has 0 saturated carbocycles. The van der Waals surface area contributed by atoms with Gasteiger partial charge in [-0.15, -0.1) is 0 Å². The number of hydrogen-bond acceptors (Lipinski definition) is 4. The molecule has 0 aromatic heterocycles. The van der Waals surface area contributed by atoms with Gasteiger partial charge in [0, 0.05) is 12.6 Å². The van der Waals surface area contributed by atoms with Crippen LogP contribution in [-0.4, -0.2) is 43.8 Å². The molecule has 214 valence electrons. The second-order valence-electron chi connectivity index (χ2n) is 9.99. The summed E-state index contributed by atoms with van der Waals surface area (Å²) in [5.41, 5.74) is 2.81. The Morgan fingerprint density at radius 2 is 1.52 bits per heavy atom. The van der Waals surface area contributed by atoms with E-state index in [4.69, 9.17) is 0 Å². The Morgan fingerprint density at radius 1 is 0.900 bits per heavy atom. The molecule has 0 heterocycles. The van der Waals surface area contributed by atoms with E-state index in [1.165, 1.54) is 29.2 Å². The topological polar surface area (TPSA) is 86.8 Å². The number of amides is 2. The number of anilines is 1. The predicted molar refractivity (Wildman–Crippen MR) is 156 cm³/mol. The second kappa shape index (κ2) is 13.6. The summed E-state index contributed by atoms with van der Waals surface area (Å²) < 4.78 is 42.4. The standard InChI is InChI=1S/C31H38FN3O4S/c1-6-24(5)33-31(37)29(7-2)34(20-25-11-9-8-10-23(25)4)30(36)21-35(27-16-14-26(32)15-17-27)40(38,39)28-18-12-22(3)13-19-28/h8-19,24,29H,6-7,20-21H2,1-5H3,(H,33,37)/t24-,29+/m0/s1. The lowest BCUT2D eigenvalue weighted by molar-refractivity contribution is -0.140. The molecule has 0 aliphatic heterocycles. The monoisotopic (exact) mass is 567 g/mol. The van der Waals surface area contributed by atoms with E-state index in [2.05, 4.69) is 5.32 Å². The van der Waals surface area contributed by atoms with Gasteiger partial charge in [0.15, 0.2) is 0 Å². The lowest BCUT2D eigenvalue weighted by atomic mass is 10.1. The summed E-state index contributed by atoms with van der Waals surface area (Å²) >= 11 is 0. The Balaban J connectivity index is 2.06. The van der Waals surface area contributed by atoms with Crippen molar-refractivity contribution in [1.29, 1.82) is 0 Å². The molecule has 0 bridgehead atoms. The Bertz CT molecular complexity index is 1410. The molecule has 0 aliphatic rings. The fraction of sp³-hybridized carbons (Fsp3) is 0.355. The van der Waals surface area contributed by atoms with Crippen molar-refractivity contribution in [2.45, 2.75) is 71.0 Å². The van der Waals surface area contributed by atoms with Crippen molar-refractivity contribution in [3.8, 4) is 0 Å². The van der Waals surface area contributed by atoms with Crippen molar-refractivity contribution in [3.05, 3.63) is 95.3 Å².